The smallest absolute Gasteiger partial charge is 0.362 e. The molecule has 194 valence electrons. The first-order chi connectivity index (χ1) is 19.5. The number of anilines is 1. The van der Waals surface area contributed by atoms with Crippen LogP contribution in [0.15, 0.2) is 108 Å². The van der Waals surface area contributed by atoms with Crippen LogP contribution in [-0.4, -0.2) is 20.6 Å². The molecule has 0 bridgehead atoms. The average molecular weight is 526 g/mol. The molecule has 3 aromatic heterocycles. The van der Waals surface area contributed by atoms with Gasteiger partial charge in [0.15, 0.2) is 11.4 Å². The molecule has 0 spiro atoms. The first-order valence-electron chi connectivity index (χ1n) is 12.8. The summed E-state index contributed by atoms with van der Waals surface area (Å²) < 4.78 is 3.22. The summed E-state index contributed by atoms with van der Waals surface area (Å²) in [6.07, 6.45) is 3.32. The summed E-state index contributed by atoms with van der Waals surface area (Å²) in [5.74, 6) is 6.14. The third-order valence-corrected chi connectivity index (χ3v) is 6.70. The first-order valence-corrected chi connectivity index (χ1v) is 12.8. The fourth-order valence-electron chi connectivity index (χ4n) is 4.83. The maximum Gasteiger partial charge on any atom is 0.362 e. The van der Waals surface area contributed by atoms with E-state index in [2.05, 4.69) is 27.2 Å². The van der Waals surface area contributed by atoms with Crippen molar-refractivity contribution in [3.8, 4) is 17.5 Å². The number of hydrogen-bond acceptors (Lipinski definition) is 4. The fraction of sp³-hybridized carbons (Fsp3) is 0.0625. The molecule has 0 aliphatic rings. The molecule has 0 radical (unpaired) electrons. The monoisotopic (exact) mass is 525 g/mol. The predicted octanol–water partition coefficient (Wildman–Crippen LogP) is 3.93. The molecule has 0 fully saturated rings. The molecule has 8 nitrogen and oxygen atoms in total. The Morgan fingerprint density at radius 1 is 1.00 bits per heavy atom. The van der Waals surface area contributed by atoms with E-state index < -0.39 is 11.9 Å². The van der Waals surface area contributed by atoms with Crippen LogP contribution < -0.4 is 21.1 Å². The molecule has 0 aliphatic carbocycles. The number of nitrogens with one attached hydrogen (secondary N) is 2. The zero-order valence-corrected chi connectivity index (χ0v) is 21.6. The summed E-state index contributed by atoms with van der Waals surface area (Å²) >= 11 is 0. The van der Waals surface area contributed by atoms with Crippen LogP contribution in [0.25, 0.3) is 22.1 Å². The number of nitrogens with zero attached hydrogens (tertiary/aromatic N) is 3. The predicted molar refractivity (Wildman–Crippen MR) is 154 cm³/mol. The number of aromatic nitrogens is 4. The molecule has 4 N–H and O–H groups in total. The number of nitrogen functional groups attached to an aromatic ring is 1. The molecule has 3 heterocycles. The van der Waals surface area contributed by atoms with Gasteiger partial charge in [0.1, 0.15) is 12.4 Å². The van der Waals surface area contributed by atoms with Gasteiger partial charge in [-0.1, -0.05) is 60.4 Å². The van der Waals surface area contributed by atoms with Crippen molar-refractivity contribution in [3.05, 3.63) is 136 Å². The van der Waals surface area contributed by atoms with Crippen molar-refractivity contribution in [1.29, 1.82) is 0 Å². The third kappa shape index (κ3) is 4.46. The molecule has 8 heteroatoms. The van der Waals surface area contributed by atoms with Crippen LogP contribution in [0.4, 0.5) is 5.82 Å². The lowest BCUT2D eigenvalue weighted by atomic mass is 10.0. The van der Waals surface area contributed by atoms with Gasteiger partial charge in [-0.2, -0.15) is 0 Å². The van der Waals surface area contributed by atoms with E-state index in [1.54, 1.807) is 27.5 Å². The number of hydrogen-bond donors (Lipinski definition) is 3. The lowest BCUT2D eigenvalue weighted by Crippen LogP contribution is -2.33. The van der Waals surface area contributed by atoms with E-state index in [1.807, 2.05) is 91.9 Å². The van der Waals surface area contributed by atoms with Crippen LogP contribution in [0.1, 0.15) is 40.1 Å². The van der Waals surface area contributed by atoms with Crippen molar-refractivity contribution < 1.29 is 9.31 Å². The SMILES string of the molecule is CC(NC(=O)c1c(N)[nH][n+]2cccnc12)c1cc2cccc(C#Cc3ccccc3)c2c(=O)n1-c1ccccc1. The van der Waals surface area contributed by atoms with Crippen molar-refractivity contribution in [1.82, 2.24) is 20.0 Å². The Morgan fingerprint density at radius 3 is 2.52 bits per heavy atom. The molecular weight excluding hydrogens is 500 g/mol. The summed E-state index contributed by atoms with van der Waals surface area (Å²) in [6.45, 7) is 1.84. The van der Waals surface area contributed by atoms with E-state index in [4.69, 9.17) is 5.73 Å². The van der Waals surface area contributed by atoms with Gasteiger partial charge in [-0.25, -0.2) is 5.10 Å². The highest BCUT2D eigenvalue weighted by Gasteiger charge is 2.27. The summed E-state index contributed by atoms with van der Waals surface area (Å²) in [5, 5.41) is 7.19. The highest BCUT2D eigenvalue weighted by molar-refractivity contribution is 6.03. The van der Waals surface area contributed by atoms with Gasteiger partial charge in [0.25, 0.3) is 11.5 Å². The van der Waals surface area contributed by atoms with Gasteiger partial charge in [0.05, 0.1) is 11.4 Å². The molecule has 40 heavy (non-hydrogen) atoms. The number of nitrogens with two attached hydrogens (primary N) is 1. The number of rotatable bonds is 4. The number of fused-ring (bicyclic) bond motifs is 2. The Morgan fingerprint density at radius 2 is 1.75 bits per heavy atom. The lowest BCUT2D eigenvalue weighted by molar-refractivity contribution is -0.577. The van der Waals surface area contributed by atoms with Gasteiger partial charge in [-0.3, -0.25) is 14.2 Å². The second-order valence-electron chi connectivity index (χ2n) is 9.34. The summed E-state index contributed by atoms with van der Waals surface area (Å²) in [4.78, 5) is 31.9. The van der Waals surface area contributed by atoms with Crippen molar-refractivity contribution in [2.45, 2.75) is 13.0 Å². The Balaban J connectivity index is 1.48. The highest BCUT2D eigenvalue weighted by Crippen LogP contribution is 2.24. The topological polar surface area (TPSA) is 110 Å². The van der Waals surface area contributed by atoms with Gasteiger partial charge in [-0.15, -0.1) is 4.52 Å². The minimum absolute atomic E-state index is 0.198. The van der Waals surface area contributed by atoms with Crippen LogP contribution in [0.5, 0.6) is 0 Å². The summed E-state index contributed by atoms with van der Waals surface area (Å²) in [7, 11) is 0. The number of para-hydroxylation sites is 1. The van der Waals surface area contributed by atoms with E-state index in [1.165, 1.54) is 0 Å². The first kappa shape index (κ1) is 24.6. The zero-order chi connectivity index (χ0) is 27.6. The van der Waals surface area contributed by atoms with E-state index in [-0.39, 0.29) is 16.9 Å². The Labute approximate surface area is 229 Å². The van der Waals surface area contributed by atoms with Crippen molar-refractivity contribution >= 4 is 28.1 Å². The number of benzene rings is 3. The number of H-pyrrole nitrogens is 1. The summed E-state index contributed by atoms with van der Waals surface area (Å²) in [6, 6.07) is 27.7. The maximum atomic E-state index is 14.2. The molecule has 3 aromatic carbocycles. The van der Waals surface area contributed by atoms with Crippen LogP contribution >= 0.6 is 0 Å². The minimum Gasteiger partial charge on any atom is -0.382 e. The number of amides is 1. The molecule has 0 aliphatic heterocycles. The van der Waals surface area contributed by atoms with Crippen LogP contribution in [0, 0.1) is 11.8 Å². The van der Waals surface area contributed by atoms with E-state index >= 15 is 0 Å². The summed E-state index contributed by atoms with van der Waals surface area (Å²) in [5.41, 5.74) is 9.34. The number of pyridine rings is 1. The molecule has 1 atom stereocenters. The molecule has 6 aromatic rings. The molecule has 1 unspecified atom stereocenters. The van der Waals surface area contributed by atoms with Crippen molar-refractivity contribution in [3.63, 3.8) is 0 Å². The van der Waals surface area contributed by atoms with Gasteiger partial charge < -0.3 is 11.1 Å². The Bertz CT molecular complexity index is 2000. The number of carbonyl (C=O) groups excluding carboxylic acids is 1. The van der Waals surface area contributed by atoms with Gasteiger partial charge in [0, 0.05) is 28.6 Å². The van der Waals surface area contributed by atoms with E-state index in [0.29, 0.717) is 28.0 Å². The Kier molecular flexibility index (Phi) is 6.30. The molecule has 0 saturated heterocycles. The number of carbonyl (C=O) groups is 1. The molecule has 0 saturated carbocycles. The zero-order valence-electron chi connectivity index (χ0n) is 21.6. The quantitative estimate of drug-likeness (QED) is 0.239. The highest BCUT2D eigenvalue weighted by atomic mass is 16.2. The van der Waals surface area contributed by atoms with Gasteiger partial charge in [-0.05, 0) is 53.7 Å². The second kappa shape index (κ2) is 10.2. The standard InChI is InChI=1S/C32H24N6O2/c1-21(35-31(39)28-29(33)36-37-19-9-18-34-30(28)37)26-20-24-13-8-12-23(17-16-22-10-4-2-5-11-22)27(24)32(40)38(26)25-14-6-3-7-15-25/h2-15,18-21H,1H3,(H3,33,35,36,39)/p+1. The molecule has 6 rings (SSSR count). The van der Waals surface area contributed by atoms with Crippen molar-refractivity contribution in [2.24, 2.45) is 0 Å². The van der Waals surface area contributed by atoms with Crippen LogP contribution in [-0.2, 0) is 0 Å². The van der Waals surface area contributed by atoms with E-state index in [9.17, 15) is 9.59 Å². The third-order valence-electron chi connectivity index (χ3n) is 6.70. The number of aromatic amines is 1. The van der Waals surface area contributed by atoms with Crippen LogP contribution in [0.3, 0.4) is 0 Å². The van der Waals surface area contributed by atoms with Gasteiger partial charge in [0.2, 0.25) is 0 Å². The minimum atomic E-state index is -0.554. The maximum absolute atomic E-state index is 14.2. The van der Waals surface area contributed by atoms with Crippen LogP contribution in [0.2, 0.25) is 0 Å². The second-order valence-corrected chi connectivity index (χ2v) is 9.34. The normalized spacial score (nSPS) is 11.6. The molecule has 1 amide bonds. The van der Waals surface area contributed by atoms with E-state index in [0.717, 1.165) is 10.9 Å². The lowest BCUT2D eigenvalue weighted by Gasteiger charge is -2.21. The van der Waals surface area contributed by atoms with Crippen molar-refractivity contribution in [2.75, 3.05) is 5.73 Å². The fourth-order valence-corrected chi connectivity index (χ4v) is 4.83. The molecular formula is C32H25N6O2+. The Hall–Kier alpha value is -5.68. The van der Waals surface area contributed by atoms with Gasteiger partial charge >= 0.3 is 5.65 Å². The largest absolute Gasteiger partial charge is 0.382 e. The average Bonchev–Trinajstić information content (AvgIpc) is 3.32.